The number of aliphatic hydroxyl groups excluding tert-OH is 1. The minimum absolute atomic E-state index is 0.0212. The molecule has 1 aromatic heterocycles. The summed E-state index contributed by atoms with van der Waals surface area (Å²) in [4.78, 5) is 0. The van der Waals surface area contributed by atoms with Crippen molar-refractivity contribution < 1.29 is 9.84 Å². The van der Waals surface area contributed by atoms with Gasteiger partial charge >= 0.3 is 0 Å². The molecule has 0 amide bonds. The second-order valence-corrected chi connectivity index (χ2v) is 5.11. The molecule has 1 atom stereocenters. The third kappa shape index (κ3) is 1.43. The lowest BCUT2D eigenvalue weighted by Crippen LogP contribution is -2.60. The fourth-order valence-corrected chi connectivity index (χ4v) is 2.80. The Morgan fingerprint density at radius 2 is 2.17 bits per heavy atom. The van der Waals surface area contributed by atoms with E-state index in [1.165, 1.54) is 16.5 Å². The maximum Gasteiger partial charge on any atom is 0.0614 e. The summed E-state index contributed by atoms with van der Waals surface area (Å²) in [6, 6.07) is 7.98. The SMILES string of the molecule is Cn1cc(C2(C(N)CO)COC2)c2ccccc21. The molecule has 1 aliphatic rings. The molecule has 1 aromatic carbocycles. The predicted molar refractivity (Wildman–Crippen MR) is 70.5 cm³/mol. The van der Waals surface area contributed by atoms with Crippen molar-refractivity contribution in [1.82, 2.24) is 4.57 Å². The largest absolute Gasteiger partial charge is 0.395 e. The molecule has 18 heavy (non-hydrogen) atoms. The molecule has 0 bridgehead atoms. The van der Waals surface area contributed by atoms with Crippen LogP contribution in [0, 0.1) is 0 Å². The second-order valence-electron chi connectivity index (χ2n) is 5.11. The van der Waals surface area contributed by atoms with Gasteiger partial charge in [0, 0.05) is 30.2 Å². The van der Waals surface area contributed by atoms with Crippen LogP contribution in [0.5, 0.6) is 0 Å². The number of hydrogen-bond donors (Lipinski definition) is 2. The highest BCUT2D eigenvalue weighted by Crippen LogP contribution is 2.39. The van der Waals surface area contributed by atoms with Gasteiger partial charge in [0.1, 0.15) is 0 Å². The molecule has 2 aromatic rings. The molecule has 0 saturated carbocycles. The van der Waals surface area contributed by atoms with Crippen LogP contribution < -0.4 is 5.73 Å². The Balaban J connectivity index is 2.19. The number of fused-ring (bicyclic) bond motifs is 1. The van der Waals surface area contributed by atoms with E-state index in [1.807, 2.05) is 19.2 Å². The lowest BCUT2D eigenvalue weighted by atomic mass is 9.73. The quantitative estimate of drug-likeness (QED) is 0.841. The standard InChI is InChI=1S/C14H18N2O2/c1-16-6-11(10-4-2-3-5-12(10)16)14(8-18-9-14)13(15)7-17/h2-6,13,17H,7-9,15H2,1H3. The molecule has 3 rings (SSSR count). The Hall–Kier alpha value is -1.36. The zero-order valence-corrected chi connectivity index (χ0v) is 10.5. The van der Waals surface area contributed by atoms with Crippen molar-refractivity contribution in [2.75, 3.05) is 19.8 Å². The van der Waals surface area contributed by atoms with Crippen LogP contribution in [0.2, 0.25) is 0 Å². The Labute approximate surface area is 106 Å². The van der Waals surface area contributed by atoms with Crippen LogP contribution >= 0.6 is 0 Å². The van der Waals surface area contributed by atoms with Crippen LogP contribution in [-0.4, -0.2) is 35.5 Å². The van der Waals surface area contributed by atoms with Crippen molar-refractivity contribution in [2.24, 2.45) is 12.8 Å². The average molecular weight is 246 g/mol. The molecule has 1 unspecified atom stereocenters. The van der Waals surface area contributed by atoms with Crippen molar-refractivity contribution in [1.29, 1.82) is 0 Å². The van der Waals surface area contributed by atoms with Crippen molar-refractivity contribution in [3.05, 3.63) is 36.0 Å². The van der Waals surface area contributed by atoms with Gasteiger partial charge in [0.15, 0.2) is 0 Å². The summed E-state index contributed by atoms with van der Waals surface area (Å²) in [5.74, 6) is 0. The third-order valence-corrected chi connectivity index (χ3v) is 4.06. The number of rotatable bonds is 3. The number of aliphatic hydroxyl groups is 1. The van der Waals surface area contributed by atoms with Crippen LogP contribution in [0.25, 0.3) is 10.9 Å². The lowest BCUT2D eigenvalue weighted by molar-refractivity contribution is -0.0791. The van der Waals surface area contributed by atoms with Crippen LogP contribution in [0.3, 0.4) is 0 Å². The Bertz CT molecular complexity index is 572. The van der Waals surface area contributed by atoms with Crippen LogP contribution in [0.4, 0.5) is 0 Å². The van der Waals surface area contributed by atoms with Crippen molar-refractivity contribution >= 4 is 10.9 Å². The number of ether oxygens (including phenoxy) is 1. The molecule has 4 heteroatoms. The smallest absolute Gasteiger partial charge is 0.0614 e. The Morgan fingerprint density at radius 3 is 2.78 bits per heavy atom. The topological polar surface area (TPSA) is 60.4 Å². The average Bonchev–Trinajstić information content (AvgIpc) is 2.67. The van der Waals surface area contributed by atoms with Gasteiger partial charge in [0.25, 0.3) is 0 Å². The lowest BCUT2D eigenvalue weighted by Gasteiger charge is -2.45. The summed E-state index contributed by atoms with van der Waals surface area (Å²) >= 11 is 0. The molecule has 1 saturated heterocycles. The molecule has 4 nitrogen and oxygen atoms in total. The third-order valence-electron chi connectivity index (χ3n) is 4.06. The van der Waals surface area contributed by atoms with Gasteiger partial charge in [-0.3, -0.25) is 0 Å². The summed E-state index contributed by atoms with van der Waals surface area (Å²) in [7, 11) is 2.03. The summed E-state index contributed by atoms with van der Waals surface area (Å²) in [6.45, 7) is 1.15. The first kappa shape index (κ1) is 11.7. The Morgan fingerprint density at radius 1 is 1.44 bits per heavy atom. The van der Waals surface area contributed by atoms with E-state index in [2.05, 4.69) is 22.9 Å². The van der Waals surface area contributed by atoms with Gasteiger partial charge in [0.2, 0.25) is 0 Å². The zero-order chi connectivity index (χ0) is 12.8. The monoisotopic (exact) mass is 246 g/mol. The minimum Gasteiger partial charge on any atom is -0.395 e. The van der Waals surface area contributed by atoms with E-state index in [9.17, 15) is 5.11 Å². The molecular formula is C14H18N2O2. The number of aromatic nitrogens is 1. The molecule has 96 valence electrons. The first-order valence-corrected chi connectivity index (χ1v) is 6.18. The number of nitrogens with two attached hydrogens (primary N) is 1. The molecule has 1 aliphatic heterocycles. The fourth-order valence-electron chi connectivity index (χ4n) is 2.80. The molecule has 0 aliphatic carbocycles. The zero-order valence-electron chi connectivity index (χ0n) is 10.5. The van der Waals surface area contributed by atoms with Gasteiger partial charge < -0.3 is 20.1 Å². The highest BCUT2D eigenvalue weighted by Gasteiger charge is 2.46. The van der Waals surface area contributed by atoms with Crippen LogP contribution in [0.15, 0.2) is 30.5 Å². The van der Waals surface area contributed by atoms with E-state index < -0.39 is 0 Å². The van der Waals surface area contributed by atoms with Crippen molar-refractivity contribution in [3.8, 4) is 0 Å². The van der Waals surface area contributed by atoms with E-state index in [0.29, 0.717) is 13.2 Å². The number of benzene rings is 1. The maximum atomic E-state index is 9.39. The normalized spacial score (nSPS) is 19.7. The summed E-state index contributed by atoms with van der Waals surface area (Å²) in [5, 5.41) is 10.6. The highest BCUT2D eigenvalue weighted by atomic mass is 16.5. The maximum absolute atomic E-state index is 9.39. The van der Waals surface area contributed by atoms with E-state index in [0.717, 1.165) is 0 Å². The van der Waals surface area contributed by atoms with E-state index >= 15 is 0 Å². The Kier molecular flexibility index (Phi) is 2.66. The van der Waals surface area contributed by atoms with E-state index in [1.54, 1.807) is 0 Å². The fraction of sp³-hybridized carbons (Fsp3) is 0.429. The van der Waals surface area contributed by atoms with Gasteiger partial charge in [-0.05, 0) is 11.6 Å². The van der Waals surface area contributed by atoms with Crippen molar-refractivity contribution in [2.45, 2.75) is 11.5 Å². The number of nitrogens with zero attached hydrogens (tertiary/aromatic N) is 1. The highest BCUT2D eigenvalue weighted by molar-refractivity contribution is 5.85. The molecule has 0 spiro atoms. The first-order chi connectivity index (χ1) is 8.69. The summed E-state index contributed by atoms with van der Waals surface area (Å²) < 4.78 is 7.48. The number of para-hydroxylation sites is 1. The molecule has 0 radical (unpaired) electrons. The minimum atomic E-state index is -0.281. The molecular weight excluding hydrogens is 228 g/mol. The van der Waals surface area contributed by atoms with Gasteiger partial charge in [-0.1, -0.05) is 18.2 Å². The van der Waals surface area contributed by atoms with Gasteiger partial charge in [0.05, 0.1) is 25.2 Å². The molecule has 1 fully saturated rings. The summed E-state index contributed by atoms with van der Waals surface area (Å²) in [5.41, 5.74) is 8.24. The number of aryl methyl sites for hydroxylation is 1. The van der Waals surface area contributed by atoms with Crippen molar-refractivity contribution in [3.63, 3.8) is 0 Å². The molecule has 3 N–H and O–H groups in total. The van der Waals surface area contributed by atoms with Crippen LogP contribution in [-0.2, 0) is 17.2 Å². The van der Waals surface area contributed by atoms with E-state index in [-0.39, 0.29) is 18.1 Å². The van der Waals surface area contributed by atoms with Gasteiger partial charge in [-0.2, -0.15) is 0 Å². The molecule has 2 heterocycles. The number of hydrogen-bond acceptors (Lipinski definition) is 3. The predicted octanol–water partition coefficient (Wildman–Crippen LogP) is 0.766. The second kappa shape index (κ2) is 4.09. The first-order valence-electron chi connectivity index (χ1n) is 6.18. The van der Waals surface area contributed by atoms with Gasteiger partial charge in [-0.25, -0.2) is 0 Å². The van der Waals surface area contributed by atoms with E-state index in [4.69, 9.17) is 10.5 Å². The van der Waals surface area contributed by atoms with Gasteiger partial charge in [-0.15, -0.1) is 0 Å². The van der Waals surface area contributed by atoms with Crippen LogP contribution in [0.1, 0.15) is 5.56 Å². The summed E-state index contributed by atoms with van der Waals surface area (Å²) in [6.07, 6.45) is 2.11.